The molecule has 5 heteroatoms. The van der Waals surface area contributed by atoms with Crippen LogP contribution in [0.15, 0.2) is 42.5 Å². The van der Waals surface area contributed by atoms with Crippen LogP contribution in [0.1, 0.15) is 67.2 Å². The van der Waals surface area contributed by atoms with Crippen molar-refractivity contribution in [2.24, 2.45) is 11.3 Å². The smallest absolute Gasteiger partial charge is 0.226 e. The molecule has 0 bridgehead atoms. The summed E-state index contributed by atoms with van der Waals surface area (Å²) < 4.78 is 5.54. The summed E-state index contributed by atoms with van der Waals surface area (Å²) in [6, 6.07) is 16.8. The number of ether oxygens (including phenoxy) is 1. The first kappa shape index (κ1) is 22.4. The highest BCUT2D eigenvalue weighted by Gasteiger charge is 2.59. The molecule has 1 heterocycles. The SMILES string of the molecule is CC[C@@]12CC[C@@H](c3ccc(OCCO)cc3C#N)[C@H](c3ccc(C)cc3)[C@@H]1[C@@H](C)NC2=O. The molecule has 4 rings (SSSR count). The summed E-state index contributed by atoms with van der Waals surface area (Å²) in [4.78, 5) is 13.1. The molecule has 2 aromatic carbocycles. The van der Waals surface area contributed by atoms with Crippen molar-refractivity contribution in [1.82, 2.24) is 5.32 Å². The average molecular weight is 433 g/mol. The van der Waals surface area contributed by atoms with Crippen molar-refractivity contribution < 1.29 is 14.6 Å². The molecule has 1 saturated heterocycles. The summed E-state index contributed by atoms with van der Waals surface area (Å²) in [6.07, 6.45) is 2.50. The number of hydrogen-bond acceptors (Lipinski definition) is 4. The molecule has 0 aromatic heterocycles. The lowest BCUT2D eigenvalue weighted by Crippen LogP contribution is -2.44. The van der Waals surface area contributed by atoms with E-state index in [4.69, 9.17) is 9.84 Å². The van der Waals surface area contributed by atoms with Crippen molar-refractivity contribution in [3.05, 3.63) is 64.7 Å². The lowest BCUT2D eigenvalue weighted by molar-refractivity contribution is -0.131. The van der Waals surface area contributed by atoms with Crippen LogP contribution >= 0.6 is 0 Å². The van der Waals surface area contributed by atoms with Gasteiger partial charge in [-0.15, -0.1) is 0 Å². The van der Waals surface area contributed by atoms with Crippen LogP contribution in [-0.4, -0.2) is 30.3 Å². The number of amides is 1. The van der Waals surface area contributed by atoms with E-state index in [2.05, 4.69) is 56.4 Å². The Morgan fingerprint density at radius 2 is 2.00 bits per heavy atom. The number of fused-ring (bicyclic) bond motifs is 1. The maximum atomic E-state index is 13.1. The van der Waals surface area contributed by atoms with Crippen LogP contribution in [0, 0.1) is 29.6 Å². The summed E-state index contributed by atoms with van der Waals surface area (Å²) >= 11 is 0. The summed E-state index contributed by atoms with van der Waals surface area (Å²) in [5.74, 6) is 1.21. The summed E-state index contributed by atoms with van der Waals surface area (Å²) in [6.45, 7) is 6.47. The minimum Gasteiger partial charge on any atom is -0.491 e. The Balaban J connectivity index is 1.82. The van der Waals surface area contributed by atoms with Crippen molar-refractivity contribution in [2.45, 2.75) is 57.9 Å². The van der Waals surface area contributed by atoms with Crippen LogP contribution < -0.4 is 10.1 Å². The van der Waals surface area contributed by atoms with Gasteiger partial charge in [0.05, 0.1) is 23.7 Å². The molecule has 5 nitrogen and oxygen atoms in total. The van der Waals surface area contributed by atoms with Crippen LogP contribution in [-0.2, 0) is 4.79 Å². The van der Waals surface area contributed by atoms with E-state index in [1.54, 1.807) is 6.07 Å². The Morgan fingerprint density at radius 1 is 1.25 bits per heavy atom. The second kappa shape index (κ2) is 8.96. The highest BCUT2D eigenvalue weighted by atomic mass is 16.5. The number of aliphatic hydroxyl groups excluding tert-OH is 1. The van der Waals surface area contributed by atoms with Crippen molar-refractivity contribution in [2.75, 3.05) is 13.2 Å². The van der Waals surface area contributed by atoms with E-state index in [0.717, 1.165) is 24.8 Å². The number of nitriles is 1. The highest BCUT2D eigenvalue weighted by molar-refractivity contribution is 5.86. The van der Waals surface area contributed by atoms with E-state index >= 15 is 0 Å². The molecular weight excluding hydrogens is 400 g/mol. The van der Waals surface area contributed by atoms with Gasteiger partial charge < -0.3 is 15.2 Å². The maximum absolute atomic E-state index is 13.1. The minimum atomic E-state index is -0.359. The first-order chi connectivity index (χ1) is 15.4. The zero-order chi connectivity index (χ0) is 22.9. The zero-order valence-electron chi connectivity index (χ0n) is 19.1. The van der Waals surface area contributed by atoms with E-state index in [0.29, 0.717) is 11.3 Å². The maximum Gasteiger partial charge on any atom is 0.226 e. The second-order valence-electron chi connectivity index (χ2n) is 9.31. The van der Waals surface area contributed by atoms with Gasteiger partial charge in [-0.25, -0.2) is 0 Å². The lowest BCUT2D eigenvalue weighted by Gasteiger charge is -2.47. The molecule has 0 unspecified atom stereocenters. The van der Waals surface area contributed by atoms with Gasteiger partial charge in [-0.05, 0) is 68.2 Å². The Bertz CT molecular complexity index is 1030. The van der Waals surface area contributed by atoms with Crippen LogP contribution in [0.4, 0.5) is 0 Å². The van der Waals surface area contributed by atoms with Gasteiger partial charge in [0.15, 0.2) is 0 Å². The van der Waals surface area contributed by atoms with Crippen molar-refractivity contribution in [1.29, 1.82) is 5.26 Å². The summed E-state index contributed by atoms with van der Waals surface area (Å²) in [7, 11) is 0. The number of carbonyl (C=O) groups excluding carboxylic acids is 1. The highest BCUT2D eigenvalue weighted by Crippen LogP contribution is 2.60. The molecule has 2 N–H and O–H groups in total. The number of benzene rings is 2. The zero-order valence-corrected chi connectivity index (χ0v) is 19.1. The fraction of sp³-hybridized carbons (Fsp3) is 0.481. The summed E-state index contributed by atoms with van der Waals surface area (Å²) in [5, 5.41) is 22.2. The largest absolute Gasteiger partial charge is 0.491 e. The Hall–Kier alpha value is -2.84. The number of nitrogens with one attached hydrogen (secondary N) is 1. The normalized spacial score (nSPS) is 29.2. The van der Waals surface area contributed by atoms with E-state index in [1.165, 1.54) is 11.1 Å². The number of nitrogens with zero attached hydrogens (tertiary/aromatic N) is 1. The topological polar surface area (TPSA) is 82.3 Å². The van der Waals surface area contributed by atoms with Gasteiger partial charge in [0.25, 0.3) is 0 Å². The Morgan fingerprint density at radius 3 is 2.66 bits per heavy atom. The molecule has 2 aromatic rings. The number of hydrogen-bond donors (Lipinski definition) is 2. The van der Waals surface area contributed by atoms with Gasteiger partial charge in [0, 0.05) is 12.0 Å². The van der Waals surface area contributed by atoms with E-state index in [-0.39, 0.29) is 48.3 Å². The van der Waals surface area contributed by atoms with Crippen molar-refractivity contribution in [3.8, 4) is 11.8 Å². The van der Waals surface area contributed by atoms with E-state index in [9.17, 15) is 10.1 Å². The van der Waals surface area contributed by atoms with Crippen molar-refractivity contribution in [3.63, 3.8) is 0 Å². The van der Waals surface area contributed by atoms with Crippen LogP contribution in [0.2, 0.25) is 0 Å². The van der Waals surface area contributed by atoms with Crippen LogP contribution in [0.3, 0.4) is 0 Å². The molecule has 1 saturated carbocycles. The number of rotatable bonds is 6. The molecule has 168 valence electrons. The molecule has 32 heavy (non-hydrogen) atoms. The third-order valence-corrected chi connectivity index (χ3v) is 7.71. The molecule has 5 atom stereocenters. The predicted octanol–water partition coefficient (Wildman–Crippen LogP) is 4.43. The van der Waals surface area contributed by atoms with Gasteiger partial charge in [-0.2, -0.15) is 5.26 Å². The lowest BCUT2D eigenvalue weighted by atomic mass is 9.54. The van der Waals surface area contributed by atoms with Crippen LogP contribution in [0.5, 0.6) is 5.75 Å². The third kappa shape index (κ3) is 3.67. The van der Waals surface area contributed by atoms with Gasteiger partial charge in [-0.3, -0.25) is 4.79 Å². The first-order valence-electron chi connectivity index (χ1n) is 11.6. The molecule has 1 aliphatic heterocycles. The third-order valence-electron chi connectivity index (χ3n) is 7.71. The number of carbonyl (C=O) groups is 1. The standard InChI is InChI=1S/C27H32N2O3/c1-4-27-12-11-23(22-10-9-21(32-14-13-30)15-20(22)16-28)24(19-7-5-17(2)6-8-19)25(27)18(3)29-26(27)31/h5-10,15,18,23-25,30H,4,11-14H2,1-3H3,(H,29,31)/t18-,23+,24+,25+,27-/m1/s1. The Labute approximate surface area is 190 Å². The second-order valence-corrected chi connectivity index (χ2v) is 9.31. The van der Waals surface area contributed by atoms with E-state index < -0.39 is 0 Å². The molecule has 0 spiro atoms. The first-order valence-corrected chi connectivity index (χ1v) is 11.6. The number of aryl methyl sites for hydroxylation is 1. The Kier molecular flexibility index (Phi) is 6.26. The fourth-order valence-corrected chi connectivity index (χ4v) is 6.21. The molecule has 1 amide bonds. The monoisotopic (exact) mass is 432 g/mol. The predicted molar refractivity (Wildman–Crippen MR) is 123 cm³/mol. The molecule has 0 radical (unpaired) electrons. The number of aliphatic hydroxyl groups is 1. The van der Waals surface area contributed by atoms with Gasteiger partial charge in [0.1, 0.15) is 12.4 Å². The molecule has 1 aliphatic carbocycles. The van der Waals surface area contributed by atoms with Crippen molar-refractivity contribution >= 4 is 5.91 Å². The quantitative estimate of drug-likeness (QED) is 0.707. The summed E-state index contributed by atoms with van der Waals surface area (Å²) in [5.41, 5.74) is 3.71. The fourth-order valence-electron chi connectivity index (χ4n) is 6.21. The molecule has 2 aliphatic rings. The van der Waals surface area contributed by atoms with Gasteiger partial charge in [0.2, 0.25) is 5.91 Å². The van der Waals surface area contributed by atoms with Crippen LogP contribution in [0.25, 0.3) is 0 Å². The van der Waals surface area contributed by atoms with E-state index in [1.807, 2.05) is 12.1 Å². The van der Waals surface area contributed by atoms with Gasteiger partial charge >= 0.3 is 0 Å². The molecule has 2 fully saturated rings. The average Bonchev–Trinajstić information content (AvgIpc) is 3.07. The minimum absolute atomic E-state index is 0.0680. The van der Waals surface area contributed by atoms with Gasteiger partial charge in [-0.1, -0.05) is 42.8 Å². The molecular formula is C27H32N2O3.